The van der Waals surface area contributed by atoms with Crippen LogP contribution in [0.25, 0.3) is 0 Å². The van der Waals surface area contributed by atoms with Gasteiger partial charge in [0, 0.05) is 30.2 Å². The molecule has 0 saturated carbocycles. The van der Waals surface area contributed by atoms with Gasteiger partial charge in [-0.25, -0.2) is 5.84 Å². The number of nitrogens with one attached hydrogen (secondary N) is 1. The molecule has 1 aliphatic heterocycles. The number of nitrogens with two attached hydrogens (primary N) is 2. The van der Waals surface area contributed by atoms with E-state index in [-0.39, 0.29) is 5.95 Å². The molecule has 0 radical (unpaired) electrons. The van der Waals surface area contributed by atoms with Crippen molar-refractivity contribution in [3.05, 3.63) is 6.07 Å². The van der Waals surface area contributed by atoms with E-state index in [9.17, 15) is 0 Å². The van der Waals surface area contributed by atoms with Crippen LogP contribution < -0.4 is 21.9 Å². The Morgan fingerprint density at radius 2 is 2.38 bits per heavy atom. The molecular formula is C9H16N6S. The molecule has 0 aliphatic carbocycles. The lowest BCUT2D eigenvalue weighted by atomic mass is 10.3. The van der Waals surface area contributed by atoms with Crippen LogP contribution in [0.4, 0.5) is 17.6 Å². The minimum Gasteiger partial charge on any atom is -0.368 e. The Bertz CT molecular complexity index is 371. The Kier molecular flexibility index (Phi) is 3.35. The van der Waals surface area contributed by atoms with Crippen molar-refractivity contribution in [3.63, 3.8) is 0 Å². The summed E-state index contributed by atoms with van der Waals surface area (Å²) in [6.07, 6.45) is 0. The first-order valence-electron chi connectivity index (χ1n) is 5.17. The van der Waals surface area contributed by atoms with Gasteiger partial charge in [-0.15, -0.1) is 0 Å². The zero-order valence-electron chi connectivity index (χ0n) is 9.18. The summed E-state index contributed by atoms with van der Waals surface area (Å²) < 4.78 is 0. The second kappa shape index (κ2) is 4.75. The number of nitrogen functional groups attached to an aromatic ring is 2. The fraction of sp³-hybridized carbons (Fsp3) is 0.556. The third-order valence-electron chi connectivity index (χ3n) is 2.44. The first kappa shape index (κ1) is 11.3. The van der Waals surface area contributed by atoms with Crippen molar-refractivity contribution in [2.45, 2.75) is 12.2 Å². The fourth-order valence-electron chi connectivity index (χ4n) is 1.72. The van der Waals surface area contributed by atoms with E-state index in [2.05, 4.69) is 27.2 Å². The van der Waals surface area contributed by atoms with Gasteiger partial charge >= 0.3 is 0 Å². The van der Waals surface area contributed by atoms with Gasteiger partial charge in [-0.2, -0.15) is 21.7 Å². The maximum absolute atomic E-state index is 5.63. The van der Waals surface area contributed by atoms with Gasteiger partial charge in [-0.1, -0.05) is 6.92 Å². The smallest absolute Gasteiger partial charge is 0.223 e. The number of anilines is 3. The molecule has 1 unspecified atom stereocenters. The molecule has 16 heavy (non-hydrogen) atoms. The lowest BCUT2D eigenvalue weighted by molar-refractivity contribution is 0.769. The Balaban J connectivity index is 2.21. The molecule has 1 aromatic heterocycles. The van der Waals surface area contributed by atoms with Gasteiger partial charge in [-0.3, -0.25) is 0 Å². The normalized spacial score (nSPS) is 20.9. The van der Waals surface area contributed by atoms with E-state index in [0.717, 1.165) is 24.7 Å². The van der Waals surface area contributed by atoms with Crippen LogP contribution in [0.2, 0.25) is 0 Å². The maximum atomic E-state index is 5.63. The summed E-state index contributed by atoms with van der Waals surface area (Å²) in [5.74, 6) is 8.07. The summed E-state index contributed by atoms with van der Waals surface area (Å²) in [6.45, 7) is 4.17. The molecule has 7 heteroatoms. The number of hydrogen-bond donors (Lipinski definition) is 3. The molecule has 0 aromatic carbocycles. The SMILES string of the molecule is CC1CN(c2cc(NN)nc(N)n2)CCS1. The monoisotopic (exact) mass is 240 g/mol. The molecule has 5 N–H and O–H groups in total. The Morgan fingerprint density at radius 1 is 1.56 bits per heavy atom. The highest BCUT2D eigenvalue weighted by Gasteiger charge is 2.18. The van der Waals surface area contributed by atoms with E-state index in [1.165, 1.54) is 0 Å². The summed E-state index contributed by atoms with van der Waals surface area (Å²) in [6, 6.07) is 1.82. The lowest BCUT2D eigenvalue weighted by Crippen LogP contribution is -2.37. The first-order chi connectivity index (χ1) is 7.69. The molecule has 88 valence electrons. The number of hydrazine groups is 1. The van der Waals surface area contributed by atoms with E-state index in [4.69, 9.17) is 11.6 Å². The topological polar surface area (TPSA) is 93.1 Å². The van der Waals surface area contributed by atoms with Crippen molar-refractivity contribution < 1.29 is 0 Å². The van der Waals surface area contributed by atoms with E-state index < -0.39 is 0 Å². The first-order valence-corrected chi connectivity index (χ1v) is 6.21. The van der Waals surface area contributed by atoms with Crippen molar-refractivity contribution in [3.8, 4) is 0 Å². The van der Waals surface area contributed by atoms with Crippen LogP contribution in [-0.2, 0) is 0 Å². The van der Waals surface area contributed by atoms with Crippen LogP contribution >= 0.6 is 11.8 Å². The lowest BCUT2D eigenvalue weighted by Gasteiger charge is -2.31. The van der Waals surface area contributed by atoms with Crippen LogP contribution in [0.1, 0.15) is 6.92 Å². The Hall–Kier alpha value is -1.21. The second-order valence-electron chi connectivity index (χ2n) is 3.74. The van der Waals surface area contributed by atoms with Gasteiger partial charge in [-0.05, 0) is 0 Å². The van der Waals surface area contributed by atoms with E-state index in [1.54, 1.807) is 0 Å². The highest BCUT2D eigenvalue weighted by Crippen LogP contribution is 2.23. The van der Waals surface area contributed by atoms with Crippen molar-refractivity contribution in [1.29, 1.82) is 0 Å². The average Bonchev–Trinajstić information content (AvgIpc) is 2.28. The van der Waals surface area contributed by atoms with E-state index in [1.807, 2.05) is 17.8 Å². The predicted molar refractivity (Wildman–Crippen MR) is 68.4 cm³/mol. The van der Waals surface area contributed by atoms with Crippen molar-refractivity contribution in [2.24, 2.45) is 5.84 Å². The van der Waals surface area contributed by atoms with Crippen LogP contribution in [0.5, 0.6) is 0 Å². The fourth-order valence-corrected chi connectivity index (χ4v) is 2.73. The van der Waals surface area contributed by atoms with Gasteiger partial charge in [0.25, 0.3) is 0 Å². The minimum atomic E-state index is 0.247. The molecule has 0 bridgehead atoms. The summed E-state index contributed by atoms with van der Waals surface area (Å²) in [4.78, 5) is 10.4. The predicted octanol–water partition coefficient (Wildman–Crippen LogP) is 0.286. The molecule has 0 amide bonds. The highest BCUT2D eigenvalue weighted by molar-refractivity contribution is 8.00. The Labute approximate surface area is 98.8 Å². The Morgan fingerprint density at radius 3 is 3.06 bits per heavy atom. The zero-order chi connectivity index (χ0) is 11.5. The van der Waals surface area contributed by atoms with E-state index >= 15 is 0 Å². The van der Waals surface area contributed by atoms with Crippen molar-refractivity contribution >= 4 is 29.3 Å². The van der Waals surface area contributed by atoms with Crippen LogP contribution in [0, 0.1) is 0 Å². The molecule has 1 atom stereocenters. The van der Waals surface area contributed by atoms with Crippen molar-refractivity contribution in [1.82, 2.24) is 9.97 Å². The molecule has 0 spiro atoms. The number of hydrogen-bond acceptors (Lipinski definition) is 7. The summed E-state index contributed by atoms with van der Waals surface area (Å²) in [5, 5.41) is 0.610. The van der Waals surface area contributed by atoms with Gasteiger partial charge < -0.3 is 16.1 Å². The van der Waals surface area contributed by atoms with Gasteiger partial charge in [0.05, 0.1) is 0 Å². The number of aromatic nitrogens is 2. The molecule has 2 heterocycles. The summed E-state index contributed by atoms with van der Waals surface area (Å²) >= 11 is 1.97. The third-order valence-corrected chi connectivity index (χ3v) is 3.58. The standard InChI is InChI=1S/C9H16N6S/c1-6-5-15(2-3-16-6)8-4-7(14-11)12-9(10)13-8/h4,6H,2-3,5,11H2,1H3,(H3,10,12,13,14). The largest absolute Gasteiger partial charge is 0.368 e. The number of rotatable bonds is 2. The van der Waals surface area contributed by atoms with Crippen LogP contribution in [-0.4, -0.2) is 34.1 Å². The summed E-state index contributed by atoms with van der Waals surface area (Å²) in [7, 11) is 0. The molecule has 6 nitrogen and oxygen atoms in total. The number of thioether (sulfide) groups is 1. The van der Waals surface area contributed by atoms with E-state index in [0.29, 0.717) is 11.1 Å². The average molecular weight is 240 g/mol. The van der Waals surface area contributed by atoms with Crippen LogP contribution in [0.15, 0.2) is 6.07 Å². The molecule has 1 aromatic rings. The van der Waals surface area contributed by atoms with Gasteiger partial charge in [0.2, 0.25) is 5.95 Å². The summed E-state index contributed by atoms with van der Waals surface area (Å²) in [5.41, 5.74) is 8.12. The quantitative estimate of drug-likeness (QED) is 0.505. The molecule has 1 fully saturated rings. The second-order valence-corrected chi connectivity index (χ2v) is 5.29. The third kappa shape index (κ3) is 2.48. The van der Waals surface area contributed by atoms with Gasteiger partial charge in [0.1, 0.15) is 11.6 Å². The molecule has 2 rings (SSSR count). The van der Waals surface area contributed by atoms with Gasteiger partial charge in [0.15, 0.2) is 0 Å². The molecule has 1 saturated heterocycles. The maximum Gasteiger partial charge on any atom is 0.223 e. The number of nitrogens with zero attached hydrogens (tertiary/aromatic N) is 3. The van der Waals surface area contributed by atoms with Crippen molar-refractivity contribution in [2.75, 3.05) is 34.9 Å². The molecular weight excluding hydrogens is 224 g/mol. The minimum absolute atomic E-state index is 0.247. The zero-order valence-corrected chi connectivity index (χ0v) is 10.00. The molecule has 1 aliphatic rings. The van der Waals surface area contributed by atoms with Crippen LogP contribution in [0.3, 0.4) is 0 Å². The highest BCUT2D eigenvalue weighted by atomic mass is 32.2.